The molecule has 1 aromatic rings. The Morgan fingerprint density at radius 1 is 1.20 bits per heavy atom. The standard InChI is InChI=1S/C21H35ClN2O2S.CH4.2H2O/c1-6-13-27(25,26)23-20(16(2)3)14-24-12-11-19(21(4,5)15-24)17-7-9-18(22)10-8-17;;;/h7-10,16,19-20,23H,6,11-15H2,1-5H3;1H4;2*1H2/t19-,20+;;;/m1.../s1. The van der Waals surface area contributed by atoms with Gasteiger partial charge in [0.05, 0.1) is 5.75 Å². The second-order valence-corrected chi connectivity index (χ2v) is 11.2. The van der Waals surface area contributed by atoms with Crippen LogP contribution >= 0.6 is 11.6 Å². The Labute approximate surface area is 189 Å². The fourth-order valence-electron chi connectivity index (χ4n) is 4.16. The van der Waals surface area contributed by atoms with E-state index in [1.165, 1.54) is 5.56 Å². The number of nitrogens with one attached hydrogen (secondary N) is 1. The second-order valence-electron chi connectivity index (χ2n) is 8.90. The van der Waals surface area contributed by atoms with Crippen molar-refractivity contribution in [2.75, 3.05) is 25.4 Å². The highest BCUT2D eigenvalue weighted by Gasteiger charge is 2.37. The van der Waals surface area contributed by atoms with E-state index < -0.39 is 10.0 Å². The largest absolute Gasteiger partial charge is 0.412 e. The summed E-state index contributed by atoms with van der Waals surface area (Å²) < 4.78 is 27.4. The van der Waals surface area contributed by atoms with Gasteiger partial charge >= 0.3 is 0 Å². The van der Waals surface area contributed by atoms with Crippen LogP contribution in [0.15, 0.2) is 24.3 Å². The van der Waals surface area contributed by atoms with E-state index in [1.807, 2.05) is 19.1 Å². The molecule has 0 bridgehead atoms. The molecule has 1 aromatic carbocycles. The molecular formula is C22H43ClN2O4S. The number of nitrogens with zero attached hydrogens (tertiary/aromatic N) is 1. The van der Waals surface area contributed by atoms with Crippen molar-refractivity contribution < 1.29 is 19.4 Å². The van der Waals surface area contributed by atoms with E-state index in [9.17, 15) is 8.42 Å². The van der Waals surface area contributed by atoms with Crippen LogP contribution in [-0.2, 0) is 10.0 Å². The quantitative estimate of drug-likeness (QED) is 0.632. The molecule has 1 fully saturated rings. The first-order chi connectivity index (χ1) is 12.5. The number of hydrogen-bond acceptors (Lipinski definition) is 3. The van der Waals surface area contributed by atoms with Crippen LogP contribution in [0.25, 0.3) is 0 Å². The number of benzene rings is 1. The van der Waals surface area contributed by atoms with Crippen LogP contribution in [0.3, 0.4) is 0 Å². The van der Waals surface area contributed by atoms with E-state index in [0.29, 0.717) is 12.3 Å². The van der Waals surface area contributed by atoms with Gasteiger partial charge in [0.15, 0.2) is 0 Å². The van der Waals surface area contributed by atoms with Gasteiger partial charge in [0, 0.05) is 24.2 Å². The number of sulfonamides is 1. The molecule has 2 atom stereocenters. The van der Waals surface area contributed by atoms with Gasteiger partial charge in [0.2, 0.25) is 10.0 Å². The number of likely N-dealkylation sites (tertiary alicyclic amines) is 1. The van der Waals surface area contributed by atoms with E-state index >= 15 is 0 Å². The molecule has 0 spiro atoms. The van der Waals surface area contributed by atoms with Crippen molar-refractivity contribution in [1.29, 1.82) is 0 Å². The molecular weight excluding hydrogens is 424 g/mol. The average Bonchev–Trinajstić information content (AvgIpc) is 2.54. The van der Waals surface area contributed by atoms with Gasteiger partial charge in [-0.1, -0.05) is 65.8 Å². The minimum Gasteiger partial charge on any atom is -0.412 e. The maximum Gasteiger partial charge on any atom is 0.211 e. The molecule has 178 valence electrons. The van der Waals surface area contributed by atoms with Crippen molar-refractivity contribution in [1.82, 2.24) is 9.62 Å². The van der Waals surface area contributed by atoms with Gasteiger partial charge in [-0.15, -0.1) is 0 Å². The van der Waals surface area contributed by atoms with E-state index in [0.717, 1.165) is 31.1 Å². The van der Waals surface area contributed by atoms with Gasteiger partial charge in [0.25, 0.3) is 0 Å². The smallest absolute Gasteiger partial charge is 0.211 e. The number of rotatable bonds is 8. The number of hydrogen-bond donors (Lipinski definition) is 1. The van der Waals surface area contributed by atoms with Crippen molar-refractivity contribution in [3.63, 3.8) is 0 Å². The molecule has 0 radical (unpaired) electrons. The summed E-state index contributed by atoms with van der Waals surface area (Å²) in [5, 5.41) is 0.771. The Balaban J connectivity index is 0. The van der Waals surface area contributed by atoms with Crippen molar-refractivity contribution in [2.24, 2.45) is 11.3 Å². The lowest BCUT2D eigenvalue weighted by Crippen LogP contribution is -2.52. The Hall–Kier alpha value is -0.700. The van der Waals surface area contributed by atoms with E-state index in [1.54, 1.807) is 0 Å². The third-order valence-electron chi connectivity index (χ3n) is 5.64. The molecule has 0 aromatic heterocycles. The average molecular weight is 467 g/mol. The van der Waals surface area contributed by atoms with Gasteiger partial charge in [-0.25, -0.2) is 13.1 Å². The fraction of sp³-hybridized carbons (Fsp3) is 0.727. The van der Waals surface area contributed by atoms with Crippen LogP contribution in [0, 0.1) is 11.3 Å². The molecule has 6 nitrogen and oxygen atoms in total. The molecule has 5 N–H and O–H groups in total. The molecule has 1 heterocycles. The molecule has 1 saturated heterocycles. The Morgan fingerprint density at radius 2 is 1.77 bits per heavy atom. The molecule has 30 heavy (non-hydrogen) atoms. The molecule has 1 aliphatic rings. The zero-order valence-corrected chi connectivity index (χ0v) is 19.9. The van der Waals surface area contributed by atoms with Crippen LogP contribution < -0.4 is 4.72 Å². The van der Waals surface area contributed by atoms with Crippen LogP contribution in [0.4, 0.5) is 0 Å². The summed E-state index contributed by atoms with van der Waals surface area (Å²) in [6, 6.07) is 8.16. The van der Waals surface area contributed by atoms with Gasteiger partial charge in [0.1, 0.15) is 0 Å². The minimum absolute atomic E-state index is 0. The van der Waals surface area contributed by atoms with Crippen LogP contribution in [-0.4, -0.2) is 55.7 Å². The van der Waals surface area contributed by atoms with Crippen LogP contribution in [0.2, 0.25) is 5.02 Å². The van der Waals surface area contributed by atoms with E-state index in [4.69, 9.17) is 11.6 Å². The SMILES string of the molecule is C.CCCS(=O)(=O)N[C@@H](CN1CC[C@H](c2ccc(Cl)cc2)C(C)(C)C1)C(C)C.O.O. The summed E-state index contributed by atoms with van der Waals surface area (Å²) in [4.78, 5) is 2.42. The number of halogens is 1. The van der Waals surface area contributed by atoms with E-state index in [-0.39, 0.29) is 41.5 Å². The predicted molar refractivity (Wildman–Crippen MR) is 129 cm³/mol. The first kappa shape index (κ1) is 31.5. The zero-order chi connectivity index (χ0) is 20.2. The Bertz CT molecular complexity index is 708. The molecule has 0 saturated carbocycles. The summed E-state index contributed by atoms with van der Waals surface area (Å²) in [7, 11) is -3.20. The monoisotopic (exact) mass is 466 g/mol. The van der Waals surface area contributed by atoms with Crippen molar-refractivity contribution in [3.05, 3.63) is 34.9 Å². The van der Waals surface area contributed by atoms with E-state index in [2.05, 4.69) is 49.4 Å². The Morgan fingerprint density at radius 3 is 2.23 bits per heavy atom. The number of piperidine rings is 1. The van der Waals surface area contributed by atoms with Gasteiger partial charge < -0.3 is 15.9 Å². The first-order valence-electron chi connectivity index (χ1n) is 10.0. The van der Waals surface area contributed by atoms with Gasteiger partial charge in [-0.3, -0.25) is 0 Å². The third kappa shape index (κ3) is 8.81. The summed E-state index contributed by atoms with van der Waals surface area (Å²) >= 11 is 6.04. The highest BCUT2D eigenvalue weighted by Crippen LogP contribution is 2.42. The van der Waals surface area contributed by atoms with Gasteiger partial charge in [-0.05, 0) is 54.3 Å². The van der Waals surface area contributed by atoms with Crippen molar-refractivity contribution in [2.45, 2.75) is 66.8 Å². The fourth-order valence-corrected chi connectivity index (χ4v) is 5.75. The molecule has 0 aliphatic carbocycles. The molecule has 0 amide bonds. The maximum atomic E-state index is 12.2. The lowest BCUT2D eigenvalue weighted by atomic mass is 9.70. The van der Waals surface area contributed by atoms with Crippen molar-refractivity contribution >= 4 is 21.6 Å². The Kier molecular flexibility index (Phi) is 13.6. The topological polar surface area (TPSA) is 112 Å². The first-order valence-corrected chi connectivity index (χ1v) is 12.0. The summed E-state index contributed by atoms with van der Waals surface area (Å²) in [6.07, 6.45) is 1.71. The minimum atomic E-state index is -3.20. The molecule has 2 rings (SSSR count). The second kappa shape index (κ2) is 13.0. The zero-order valence-electron chi connectivity index (χ0n) is 18.3. The summed E-state index contributed by atoms with van der Waals surface area (Å²) in [6.45, 7) is 13.4. The molecule has 8 heteroatoms. The third-order valence-corrected chi connectivity index (χ3v) is 7.50. The lowest BCUT2D eigenvalue weighted by molar-refractivity contribution is 0.0822. The summed E-state index contributed by atoms with van der Waals surface area (Å²) in [5.74, 6) is 0.939. The molecule has 0 unspecified atom stereocenters. The van der Waals surface area contributed by atoms with Crippen molar-refractivity contribution in [3.8, 4) is 0 Å². The maximum absolute atomic E-state index is 12.2. The highest BCUT2D eigenvalue weighted by molar-refractivity contribution is 7.89. The van der Waals surface area contributed by atoms with Crippen LogP contribution in [0.1, 0.15) is 66.4 Å². The highest BCUT2D eigenvalue weighted by atomic mass is 35.5. The predicted octanol–water partition coefficient (Wildman–Crippen LogP) is 3.50. The van der Waals surface area contributed by atoms with Crippen LogP contribution in [0.5, 0.6) is 0 Å². The normalized spacial score (nSPS) is 19.9. The van der Waals surface area contributed by atoms with Gasteiger partial charge in [-0.2, -0.15) is 0 Å². The molecule has 1 aliphatic heterocycles. The summed E-state index contributed by atoms with van der Waals surface area (Å²) in [5.41, 5.74) is 1.46. The lowest BCUT2D eigenvalue weighted by Gasteiger charge is -2.46.